The highest BCUT2D eigenvalue weighted by Gasteiger charge is 2.25. The van der Waals surface area contributed by atoms with Crippen LogP contribution in [-0.2, 0) is 19.1 Å². The molecule has 0 aromatic heterocycles. The molecular formula is C21H17BrClNO6. The third-order valence-electron chi connectivity index (χ3n) is 3.92. The van der Waals surface area contributed by atoms with Crippen LogP contribution in [0.4, 0.5) is 0 Å². The second kappa shape index (κ2) is 9.77. The van der Waals surface area contributed by atoms with E-state index in [4.69, 9.17) is 30.5 Å². The number of methoxy groups -OCH3 is 1. The molecule has 1 aliphatic heterocycles. The number of aliphatic imine (C=N–C) groups is 1. The average molecular weight is 495 g/mol. The van der Waals surface area contributed by atoms with Crippen LogP contribution in [0.15, 0.2) is 51.6 Å². The second-order valence-electron chi connectivity index (χ2n) is 5.94. The molecule has 0 bridgehead atoms. The lowest BCUT2D eigenvalue weighted by atomic mass is 10.1. The minimum Gasteiger partial charge on any atom is -0.493 e. The normalized spacial score (nSPS) is 14.3. The molecule has 156 valence electrons. The SMILES string of the molecule is CCOC(=O)COc1c(Cl)cc(/C=C2\N=C(c3ccccc3Br)OC2=O)cc1OC. The quantitative estimate of drug-likeness (QED) is 0.419. The fourth-order valence-electron chi connectivity index (χ4n) is 2.61. The first-order chi connectivity index (χ1) is 14.4. The Bertz CT molecular complexity index is 1050. The van der Waals surface area contributed by atoms with E-state index in [1.165, 1.54) is 13.2 Å². The molecule has 0 N–H and O–H groups in total. The standard InChI is InChI=1S/C21H17BrClNO6/c1-3-28-18(25)11-29-19-15(23)8-12(10-17(19)27-2)9-16-21(26)30-20(24-16)13-6-4-5-7-14(13)22/h4-10H,3,11H2,1-2H3/b16-9-. The topological polar surface area (TPSA) is 83.4 Å². The number of hydrogen-bond acceptors (Lipinski definition) is 7. The summed E-state index contributed by atoms with van der Waals surface area (Å²) in [6.07, 6.45) is 1.52. The maximum atomic E-state index is 12.3. The van der Waals surface area contributed by atoms with Gasteiger partial charge in [0.05, 0.1) is 24.3 Å². The van der Waals surface area contributed by atoms with Crippen molar-refractivity contribution in [1.29, 1.82) is 0 Å². The summed E-state index contributed by atoms with van der Waals surface area (Å²) in [4.78, 5) is 28.1. The first-order valence-electron chi connectivity index (χ1n) is 8.86. The van der Waals surface area contributed by atoms with Gasteiger partial charge in [-0.05, 0) is 58.8 Å². The monoisotopic (exact) mass is 493 g/mol. The second-order valence-corrected chi connectivity index (χ2v) is 7.21. The summed E-state index contributed by atoms with van der Waals surface area (Å²) >= 11 is 9.71. The van der Waals surface area contributed by atoms with E-state index >= 15 is 0 Å². The fraction of sp³-hybridized carbons (Fsp3) is 0.190. The number of rotatable bonds is 7. The molecule has 0 unspecified atom stereocenters. The van der Waals surface area contributed by atoms with Gasteiger partial charge in [-0.25, -0.2) is 14.6 Å². The molecule has 1 heterocycles. The minimum absolute atomic E-state index is 0.110. The lowest BCUT2D eigenvalue weighted by Crippen LogP contribution is -2.15. The summed E-state index contributed by atoms with van der Waals surface area (Å²) in [5.74, 6) is -0.421. The molecule has 0 atom stereocenters. The molecule has 0 saturated carbocycles. The van der Waals surface area contributed by atoms with Crippen molar-refractivity contribution in [2.75, 3.05) is 20.3 Å². The van der Waals surface area contributed by atoms with E-state index in [2.05, 4.69) is 20.9 Å². The van der Waals surface area contributed by atoms with Gasteiger partial charge in [0.15, 0.2) is 23.8 Å². The molecule has 3 rings (SSSR count). The maximum Gasteiger partial charge on any atom is 0.363 e. The van der Waals surface area contributed by atoms with E-state index in [0.717, 1.165) is 4.47 Å². The van der Waals surface area contributed by atoms with Gasteiger partial charge in [-0.1, -0.05) is 23.7 Å². The Morgan fingerprint density at radius 2 is 2.07 bits per heavy atom. The van der Waals surface area contributed by atoms with Crippen molar-refractivity contribution < 1.29 is 28.5 Å². The van der Waals surface area contributed by atoms with Gasteiger partial charge >= 0.3 is 11.9 Å². The highest BCUT2D eigenvalue weighted by Crippen LogP contribution is 2.37. The van der Waals surface area contributed by atoms with Crippen LogP contribution < -0.4 is 9.47 Å². The van der Waals surface area contributed by atoms with Gasteiger partial charge in [0.25, 0.3) is 0 Å². The van der Waals surface area contributed by atoms with Crippen LogP contribution in [0.5, 0.6) is 11.5 Å². The third kappa shape index (κ3) is 5.01. The van der Waals surface area contributed by atoms with Crippen LogP contribution in [0.2, 0.25) is 5.02 Å². The van der Waals surface area contributed by atoms with Gasteiger partial charge in [0, 0.05) is 4.47 Å². The molecule has 0 spiro atoms. The van der Waals surface area contributed by atoms with Gasteiger partial charge in [-0.15, -0.1) is 0 Å². The van der Waals surface area contributed by atoms with E-state index in [0.29, 0.717) is 16.9 Å². The Morgan fingerprint density at radius 1 is 1.30 bits per heavy atom. The van der Waals surface area contributed by atoms with Crippen LogP contribution in [0.3, 0.4) is 0 Å². The number of benzene rings is 2. The van der Waals surface area contributed by atoms with Crippen molar-refractivity contribution in [2.45, 2.75) is 6.92 Å². The Balaban J connectivity index is 1.88. The van der Waals surface area contributed by atoms with E-state index < -0.39 is 11.9 Å². The Labute approximate surface area is 186 Å². The summed E-state index contributed by atoms with van der Waals surface area (Å²) < 4.78 is 21.6. The molecule has 0 radical (unpaired) electrons. The Hall–Kier alpha value is -2.84. The summed E-state index contributed by atoms with van der Waals surface area (Å²) in [7, 11) is 1.44. The molecule has 30 heavy (non-hydrogen) atoms. The highest BCUT2D eigenvalue weighted by atomic mass is 79.9. The first-order valence-corrected chi connectivity index (χ1v) is 10.0. The molecule has 7 nitrogen and oxygen atoms in total. The van der Waals surface area contributed by atoms with Crippen LogP contribution in [-0.4, -0.2) is 38.2 Å². The van der Waals surface area contributed by atoms with Crippen LogP contribution >= 0.6 is 27.5 Å². The number of carbonyl (C=O) groups is 2. The Kier molecular flexibility index (Phi) is 7.12. The van der Waals surface area contributed by atoms with E-state index in [1.54, 1.807) is 25.1 Å². The number of carbonyl (C=O) groups excluding carboxylic acids is 2. The predicted octanol–water partition coefficient (Wildman–Crippen LogP) is 4.40. The molecule has 0 fully saturated rings. The molecule has 2 aromatic rings. The number of nitrogens with zero attached hydrogens (tertiary/aromatic N) is 1. The fourth-order valence-corrected chi connectivity index (χ4v) is 3.34. The third-order valence-corrected chi connectivity index (χ3v) is 4.89. The number of esters is 2. The number of ether oxygens (including phenoxy) is 4. The summed E-state index contributed by atoms with van der Waals surface area (Å²) in [5, 5.41) is 0.201. The number of hydrogen-bond donors (Lipinski definition) is 0. The zero-order valence-electron chi connectivity index (χ0n) is 16.1. The lowest BCUT2D eigenvalue weighted by Gasteiger charge is -2.12. The molecular weight excluding hydrogens is 478 g/mol. The number of halogens is 2. The molecule has 0 saturated heterocycles. The van der Waals surface area contributed by atoms with Crippen molar-refractivity contribution in [2.24, 2.45) is 4.99 Å². The smallest absolute Gasteiger partial charge is 0.363 e. The lowest BCUT2D eigenvalue weighted by molar-refractivity contribution is -0.145. The minimum atomic E-state index is -0.585. The summed E-state index contributed by atoms with van der Waals surface area (Å²) in [5.41, 5.74) is 1.32. The van der Waals surface area contributed by atoms with Crippen LogP contribution in [0.25, 0.3) is 6.08 Å². The zero-order chi connectivity index (χ0) is 21.7. The number of cyclic esters (lactones) is 1. The largest absolute Gasteiger partial charge is 0.493 e. The average Bonchev–Trinajstić information content (AvgIpc) is 3.07. The molecule has 9 heteroatoms. The van der Waals surface area contributed by atoms with Gasteiger partial charge in [-0.2, -0.15) is 0 Å². The molecule has 2 aromatic carbocycles. The van der Waals surface area contributed by atoms with E-state index in [9.17, 15) is 9.59 Å². The van der Waals surface area contributed by atoms with E-state index in [1.807, 2.05) is 18.2 Å². The zero-order valence-corrected chi connectivity index (χ0v) is 18.5. The predicted molar refractivity (Wildman–Crippen MR) is 115 cm³/mol. The van der Waals surface area contributed by atoms with E-state index in [-0.39, 0.29) is 35.6 Å². The summed E-state index contributed by atoms with van der Waals surface area (Å²) in [6.45, 7) is 1.64. The molecule has 1 aliphatic rings. The van der Waals surface area contributed by atoms with Crippen LogP contribution in [0.1, 0.15) is 18.1 Å². The maximum absolute atomic E-state index is 12.3. The molecule has 0 aliphatic carbocycles. The van der Waals surface area contributed by atoms with Crippen molar-refractivity contribution in [3.8, 4) is 11.5 Å². The highest BCUT2D eigenvalue weighted by molar-refractivity contribution is 9.10. The van der Waals surface area contributed by atoms with Gasteiger partial charge in [0.2, 0.25) is 5.90 Å². The first kappa shape index (κ1) is 21.9. The van der Waals surface area contributed by atoms with Crippen molar-refractivity contribution in [3.05, 3.63) is 62.7 Å². The van der Waals surface area contributed by atoms with Crippen molar-refractivity contribution in [3.63, 3.8) is 0 Å². The van der Waals surface area contributed by atoms with Crippen molar-refractivity contribution in [1.82, 2.24) is 0 Å². The van der Waals surface area contributed by atoms with Gasteiger partial charge < -0.3 is 18.9 Å². The van der Waals surface area contributed by atoms with Crippen LogP contribution in [0, 0.1) is 0 Å². The summed E-state index contributed by atoms with van der Waals surface area (Å²) in [6, 6.07) is 10.5. The van der Waals surface area contributed by atoms with Crippen molar-refractivity contribution >= 4 is 51.4 Å². The van der Waals surface area contributed by atoms with Gasteiger partial charge in [-0.3, -0.25) is 0 Å². The molecule has 0 amide bonds. The van der Waals surface area contributed by atoms with Gasteiger partial charge in [0.1, 0.15) is 0 Å². The Morgan fingerprint density at radius 3 is 2.77 bits per heavy atom.